The van der Waals surface area contributed by atoms with Gasteiger partial charge >= 0.3 is 0 Å². The van der Waals surface area contributed by atoms with E-state index in [0.29, 0.717) is 6.04 Å². The van der Waals surface area contributed by atoms with E-state index in [-0.39, 0.29) is 12.1 Å². The second-order valence-corrected chi connectivity index (χ2v) is 5.65. The smallest absolute Gasteiger partial charge is 0.0509 e. The molecule has 0 aromatic heterocycles. The normalized spacial score (nSPS) is 15.3. The molecule has 2 N–H and O–H groups in total. The molecule has 0 radical (unpaired) electrons. The third kappa shape index (κ3) is 3.54. The Labute approximate surface area is 113 Å². The van der Waals surface area contributed by atoms with Gasteiger partial charge in [0.2, 0.25) is 0 Å². The minimum atomic E-state index is 0.154. The van der Waals surface area contributed by atoms with Gasteiger partial charge in [-0.2, -0.15) is 0 Å². The molecule has 0 fully saturated rings. The van der Waals surface area contributed by atoms with Gasteiger partial charge in [-0.15, -0.1) is 0 Å². The maximum atomic E-state index is 6.29. The van der Waals surface area contributed by atoms with Gasteiger partial charge in [0.25, 0.3) is 0 Å². The zero-order valence-electron chi connectivity index (χ0n) is 11.2. The molecule has 0 aliphatic rings. The Morgan fingerprint density at radius 2 is 1.88 bits per heavy atom. The molecule has 0 bridgehead atoms. The minimum absolute atomic E-state index is 0.154. The van der Waals surface area contributed by atoms with Crippen molar-refractivity contribution in [3.05, 3.63) is 34.3 Å². The monoisotopic (exact) mass is 298 g/mol. The maximum Gasteiger partial charge on any atom is 0.0509 e. The van der Waals surface area contributed by atoms with Crippen molar-refractivity contribution in [1.82, 2.24) is 4.90 Å². The summed E-state index contributed by atoms with van der Waals surface area (Å²) in [5.41, 5.74) is 7.57. The van der Waals surface area contributed by atoms with Crippen LogP contribution in [0.3, 0.4) is 0 Å². The largest absolute Gasteiger partial charge is 0.326 e. The van der Waals surface area contributed by atoms with Crippen LogP contribution in [0.5, 0.6) is 0 Å². The molecule has 96 valence electrons. The zero-order valence-corrected chi connectivity index (χ0v) is 12.7. The Hall–Kier alpha value is -0.380. The number of hydrogen-bond acceptors (Lipinski definition) is 2. The fourth-order valence-electron chi connectivity index (χ4n) is 2.01. The summed E-state index contributed by atoms with van der Waals surface area (Å²) in [5, 5.41) is 0. The van der Waals surface area contributed by atoms with Crippen LogP contribution >= 0.6 is 15.9 Å². The second kappa shape index (κ2) is 6.53. The molecule has 3 heteroatoms. The SMILES string of the molecule is CCC(N)C(c1ccccc1Br)N(C)C(C)C. The third-order valence-corrected chi connectivity index (χ3v) is 4.08. The Kier molecular flexibility index (Phi) is 5.63. The molecule has 1 rings (SSSR count). The van der Waals surface area contributed by atoms with Crippen molar-refractivity contribution in [3.63, 3.8) is 0 Å². The van der Waals surface area contributed by atoms with Crippen molar-refractivity contribution in [2.24, 2.45) is 5.73 Å². The first kappa shape index (κ1) is 14.7. The number of halogens is 1. The first-order valence-electron chi connectivity index (χ1n) is 6.21. The molecule has 2 unspecified atom stereocenters. The van der Waals surface area contributed by atoms with Gasteiger partial charge in [-0.1, -0.05) is 41.1 Å². The van der Waals surface area contributed by atoms with E-state index < -0.39 is 0 Å². The average Bonchev–Trinajstić information content (AvgIpc) is 2.31. The van der Waals surface area contributed by atoms with E-state index in [1.807, 2.05) is 6.07 Å². The highest BCUT2D eigenvalue weighted by Crippen LogP contribution is 2.31. The predicted octanol–water partition coefficient (Wildman–Crippen LogP) is 3.57. The van der Waals surface area contributed by atoms with Crippen LogP contribution in [0, 0.1) is 0 Å². The molecular formula is C14H23BrN2. The van der Waals surface area contributed by atoms with Crippen molar-refractivity contribution in [3.8, 4) is 0 Å². The van der Waals surface area contributed by atoms with Crippen LogP contribution in [-0.2, 0) is 0 Å². The van der Waals surface area contributed by atoms with Crippen molar-refractivity contribution >= 4 is 15.9 Å². The molecule has 0 saturated carbocycles. The van der Waals surface area contributed by atoms with E-state index in [4.69, 9.17) is 5.73 Å². The Balaban J connectivity index is 3.11. The summed E-state index contributed by atoms with van der Waals surface area (Å²) < 4.78 is 1.14. The van der Waals surface area contributed by atoms with Gasteiger partial charge in [-0.25, -0.2) is 0 Å². The number of hydrogen-bond donors (Lipinski definition) is 1. The summed E-state index contributed by atoms with van der Waals surface area (Å²) in [6.45, 7) is 6.54. The minimum Gasteiger partial charge on any atom is -0.326 e. The second-order valence-electron chi connectivity index (χ2n) is 4.80. The summed E-state index contributed by atoms with van der Waals surface area (Å²) in [6.07, 6.45) is 0.975. The van der Waals surface area contributed by atoms with Crippen molar-refractivity contribution in [1.29, 1.82) is 0 Å². The summed E-state index contributed by atoms with van der Waals surface area (Å²) in [5.74, 6) is 0. The van der Waals surface area contributed by atoms with Crippen LogP contribution in [0.15, 0.2) is 28.7 Å². The molecule has 1 aromatic rings. The highest BCUT2D eigenvalue weighted by atomic mass is 79.9. The Morgan fingerprint density at radius 3 is 2.35 bits per heavy atom. The van der Waals surface area contributed by atoms with E-state index in [1.165, 1.54) is 5.56 Å². The lowest BCUT2D eigenvalue weighted by atomic mass is 9.96. The molecular weight excluding hydrogens is 276 g/mol. The van der Waals surface area contributed by atoms with Crippen LogP contribution in [-0.4, -0.2) is 24.0 Å². The molecule has 0 aliphatic carbocycles. The molecule has 17 heavy (non-hydrogen) atoms. The summed E-state index contributed by atoms with van der Waals surface area (Å²) in [7, 11) is 2.14. The lowest BCUT2D eigenvalue weighted by Gasteiger charge is -2.36. The van der Waals surface area contributed by atoms with Gasteiger partial charge in [0, 0.05) is 16.6 Å². The molecule has 1 aromatic carbocycles. The molecule has 0 aliphatic heterocycles. The predicted molar refractivity (Wildman–Crippen MR) is 78.0 cm³/mol. The summed E-state index contributed by atoms with van der Waals surface area (Å²) in [6, 6.07) is 9.24. The van der Waals surface area contributed by atoms with E-state index in [1.54, 1.807) is 0 Å². The van der Waals surface area contributed by atoms with E-state index in [2.05, 4.69) is 66.8 Å². The number of rotatable bonds is 5. The topological polar surface area (TPSA) is 29.3 Å². The van der Waals surface area contributed by atoms with Gasteiger partial charge < -0.3 is 5.73 Å². The highest BCUT2D eigenvalue weighted by molar-refractivity contribution is 9.10. The van der Waals surface area contributed by atoms with Gasteiger partial charge in [0.05, 0.1) is 6.04 Å². The van der Waals surface area contributed by atoms with E-state index in [0.717, 1.165) is 10.9 Å². The lowest BCUT2D eigenvalue weighted by Crippen LogP contribution is -2.42. The quantitative estimate of drug-likeness (QED) is 0.900. The van der Waals surface area contributed by atoms with Crippen molar-refractivity contribution in [2.45, 2.75) is 45.3 Å². The fourth-order valence-corrected chi connectivity index (χ4v) is 2.53. The molecule has 0 spiro atoms. The van der Waals surface area contributed by atoms with Crippen molar-refractivity contribution < 1.29 is 0 Å². The van der Waals surface area contributed by atoms with Crippen LogP contribution in [0.2, 0.25) is 0 Å². The number of nitrogens with two attached hydrogens (primary N) is 1. The molecule has 0 amide bonds. The first-order valence-corrected chi connectivity index (χ1v) is 7.00. The fraction of sp³-hybridized carbons (Fsp3) is 0.571. The van der Waals surface area contributed by atoms with Crippen LogP contribution < -0.4 is 5.73 Å². The number of benzene rings is 1. The van der Waals surface area contributed by atoms with Crippen LogP contribution in [0.4, 0.5) is 0 Å². The first-order chi connectivity index (χ1) is 7.99. The number of likely N-dealkylation sites (N-methyl/N-ethyl adjacent to an activating group) is 1. The Morgan fingerprint density at radius 1 is 1.29 bits per heavy atom. The molecule has 2 nitrogen and oxygen atoms in total. The van der Waals surface area contributed by atoms with Gasteiger partial charge in [0.15, 0.2) is 0 Å². The van der Waals surface area contributed by atoms with E-state index >= 15 is 0 Å². The van der Waals surface area contributed by atoms with Gasteiger partial charge in [-0.05, 0) is 38.9 Å². The van der Waals surface area contributed by atoms with Gasteiger partial charge in [0.1, 0.15) is 0 Å². The maximum absolute atomic E-state index is 6.29. The van der Waals surface area contributed by atoms with Crippen molar-refractivity contribution in [2.75, 3.05) is 7.05 Å². The summed E-state index contributed by atoms with van der Waals surface area (Å²) in [4.78, 5) is 2.34. The zero-order chi connectivity index (χ0) is 13.0. The average molecular weight is 299 g/mol. The lowest BCUT2D eigenvalue weighted by molar-refractivity contribution is 0.168. The van der Waals surface area contributed by atoms with Crippen LogP contribution in [0.1, 0.15) is 38.8 Å². The standard InChI is InChI=1S/C14H23BrN2/c1-5-13(16)14(17(4)10(2)3)11-8-6-7-9-12(11)15/h6-10,13-14H,5,16H2,1-4H3. The summed E-state index contributed by atoms with van der Waals surface area (Å²) >= 11 is 3.63. The van der Waals surface area contributed by atoms with Crippen LogP contribution in [0.25, 0.3) is 0 Å². The Bertz CT molecular complexity index is 352. The molecule has 0 heterocycles. The van der Waals surface area contributed by atoms with Gasteiger partial charge in [-0.3, -0.25) is 4.90 Å². The number of nitrogens with zero attached hydrogens (tertiary/aromatic N) is 1. The molecule has 2 atom stereocenters. The molecule has 0 saturated heterocycles. The highest BCUT2D eigenvalue weighted by Gasteiger charge is 2.26. The van der Waals surface area contributed by atoms with E-state index in [9.17, 15) is 0 Å². The third-order valence-electron chi connectivity index (χ3n) is 3.35.